The number of rotatable bonds is 14. The molecule has 0 saturated heterocycles. The Morgan fingerprint density at radius 2 is 0.947 bits per heavy atom. The highest BCUT2D eigenvalue weighted by molar-refractivity contribution is 6.02. The molecule has 2 rings (SSSR count). The van der Waals surface area contributed by atoms with E-state index in [0.29, 0.717) is 12.8 Å². The second-order valence-electron chi connectivity index (χ2n) is 8.84. The van der Waals surface area contributed by atoms with Crippen LogP contribution in [0.1, 0.15) is 107 Å². The van der Waals surface area contributed by atoms with Gasteiger partial charge in [-0.05, 0) is 49.2 Å². The normalized spacial score (nSPS) is 10.5. The predicted octanol–water partition coefficient (Wildman–Crippen LogP) is 4.65. The minimum Gasteiger partial charge on any atom is -0.508 e. The summed E-state index contributed by atoms with van der Waals surface area (Å²) in [5.74, 6) is -3.63. The number of carbonyl (C=O) groups is 4. The van der Waals surface area contributed by atoms with E-state index in [1.807, 2.05) is 0 Å². The Morgan fingerprint density at radius 3 is 1.32 bits per heavy atom. The van der Waals surface area contributed by atoms with E-state index in [-0.39, 0.29) is 47.0 Å². The summed E-state index contributed by atoms with van der Waals surface area (Å²) in [4.78, 5) is 49.7. The molecule has 2 amide bonds. The van der Waals surface area contributed by atoms with Crippen molar-refractivity contribution >= 4 is 23.8 Å². The SMILES string of the molecule is CCCCCCOC(=O)c1cc(O)cc(C(=O)NNC(=O)c2cc(O)cc(C(=O)OCCCCCC)c2)c1. The molecule has 10 nitrogen and oxygen atoms in total. The third kappa shape index (κ3) is 10.1. The molecule has 38 heavy (non-hydrogen) atoms. The fourth-order valence-electron chi connectivity index (χ4n) is 3.53. The number of carbonyl (C=O) groups excluding carboxylic acids is 4. The molecule has 0 atom stereocenters. The number of hydrazine groups is 1. The average Bonchev–Trinajstić information content (AvgIpc) is 2.90. The van der Waals surface area contributed by atoms with Crippen molar-refractivity contribution in [2.75, 3.05) is 13.2 Å². The van der Waals surface area contributed by atoms with E-state index in [4.69, 9.17) is 9.47 Å². The molecule has 0 fully saturated rings. The summed E-state index contributed by atoms with van der Waals surface area (Å²) in [7, 11) is 0. The summed E-state index contributed by atoms with van der Waals surface area (Å²) in [5, 5.41) is 19.9. The highest BCUT2D eigenvalue weighted by Crippen LogP contribution is 2.18. The molecule has 0 saturated carbocycles. The Morgan fingerprint density at radius 1 is 0.579 bits per heavy atom. The van der Waals surface area contributed by atoms with Gasteiger partial charge in [-0.3, -0.25) is 20.4 Å². The minimum absolute atomic E-state index is 0.0113. The van der Waals surface area contributed by atoms with Crippen LogP contribution in [0.25, 0.3) is 0 Å². The molecular weight excluding hydrogens is 492 g/mol. The summed E-state index contributed by atoms with van der Waals surface area (Å²) >= 11 is 0. The van der Waals surface area contributed by atoms with Crippen molar-refractivity contribution < 1.29 is 38.9 Å². The molecule has 206 valence electrons. The van der Waals surface area contributed by atoms with Gasteiger partial charge >= 0.3 is 11.9 Å². The highest BCUT2D eigenvalue weighted by atomic mass is 16.5. The molecule has 0 aliphatic carbocycles. The van der Waals surface area contributed by atoms with Crippen molar-refractivity contribution in [2.45, 2.75) is 65.2 Å². The van der Waals surface area contributed by atoms with Crippen LogP contribution >= 0.6 is 0 Å². The Bertz CT molecular complexity index is 1030. The molecule has 0 aliphatic heterocycles. The van der Waals surface area contributed by atoms with E-state index >= 15 is 0 Å². The monoisotopic (exact) mass is 528 g/mol. The highest BCUT2D eigenvalue weighted by Gasteiger charge is 2.17. The lowest BCUT2D eigenvalue weighted by atomic mass is 10.1. The second kappa shape index (κ2) is 15.9. The van der Waals surface area contributed by atoms with Crippen LogP contribution in [-0.2, 0) is 9.47 Å². The molecule has 0 radical (unpaired) electrons. The number of aromatic hydroxyl groups is 2. The molecule has 10 heteroatoms. The van der Waals surface area contributed by atoms with Gasteiger partial charge in [-0.15, -0.1) is 0 Å². The summed E-state index contributed by atoms with van der Waals surface area (Å²) in [6, 6.07) is 7.09. The zero-order valence-electron chi connectivity index (χ0n) is 21.9. The topological polar surface area (TPSA) is 151 Å². The zero-order chi connectivity index (χ0) is 27.9. The number of unbranched alkanes of at least 4 members (excludes halogenated alkanes) is 6. The van der Waals surface area contributed by atoms with Crippen molar-refractivity contribution in [3.05, 3.63) is 58.7 Å². The minimum atomic E-state index is -0.807. The van der Waals surface area contributed by atoms with Gasteiger partial charge in [0.1, 0.15) is 11.5 Å². The maximum atomic E-state index is 12.6. The molecule has 4 N–H and O–H groups in total. The molecular formula is C28H36N2O8. The Balaban J connectivity index is 1.97. The molecule has 0 spiro atoms. The van der Waals surface area contributed by atoms with Crippen LogP contribution in [0.3, 0.4) is 0 Å². The predicted molar refractivity (Wildman–Crippen MR) is 140 cm³/mol. The number of phenolic OH excluding ortho intramolecular Hbond substituents is 2. The number of phenols is 2. The Hall–Kier alpha value is -4.08. The van der Waals surface area contributed by atoms with E-state index in [2.05, 4.69) is 24.7 Å². The van der Waals surface area contributed by atoms with Gasteiger partial charge in [0.2, 0.25) is 0 Å². The second-order valence-corrected chi connectivity index (χ2v) is 8.84. The van der Waals surface area contributed by atoms with Gasteiger partial charge in [0.25, 0.3) is 11.8 Å². The first-order valence-corrected chi connectivity index (χ1v) is 12.9. The lowest BCUT2D eigenvalue weighted by molar-refractivity contribution is 0.0488. The standard InChI is InChI=1S/C28H36N2O8/c1-3-5-7-9-11-37-27(35)21-13-19(15-23(31)17-21)25(33)29-30-26(34)20-14-22(18-24(32)16-20)28(36)38-12-10-8-6-4-2/h13-18,31-32H,3-12H2,1-2H3,(H,29,33)(H,30,34). The van der Waals surface area contributed by atoms with Crippen LogP contribution in [0.15, 0.2) is 36.4 Å². The van der Waals surface area contributed by atoms with Crippen molar-refractivity contribution in [1.29, 1.82) is 0 Å². The lowest BCUT2D eigenvalue weighted by Gasteiger charge is -2.11. The van der Waals surface area contributed by atoms with Gasteiger partial charge in [-0.1, -0.05) is 52.4 Å². The fourth-order valence-corrected chi connectivity index (χ4v) is 3.53. The molecule has 0 heterocycles. The number of hydrogen-bond donors (Lipinski definition) is 4. The zero-order valence-corrected chi connectivity index (χ0v) is 21.9. The molecule has 0 unspecified atom stereocenters. The summed E-state index contributed by atoms with van der Waals surface area (Å²) < 4.78 is 10.4. The van der Waals surface area contributed by atoms with E-state index < -0.39 is 23.8 Å². The molecule has 0 bridgehead atoms. The van der Waals surface area contributed by atoms with Gasteiger partial charge in [0.05, 0.1) is 24.3 Å². The van der Waals surface area contributed by atoms with E-state index in [0.717, 1.165) is 50.7 Å². The fraction of sp³-hybridized carbons (Fsp3) is 0.429. The maximum absolute atomic E-state index is 12.6. The van der Waals surface area contributed by atoms with Gasteiger partial charge < -0.3 is 19.7 Å². The molecule has 2 aromatic carbocycles. The van der Waals surface area contributed by atoms with Crippen molar-refractivity contribution in [3.8, 4) is 11.5 Å². The van der Waals surface area contributed by atoms with Crippen LogP contribution < -0.4 is 10.9 Å². The number of nitrogens with one attached hydrogen (secondary N) is 2. The first-order valence-electron chi connectivity index (χ1n) is 12.9. The summed E-state index contributed by atoms with van der Waals surface area (Å²) in [5.41, 5.74) is 4.15. The largest absolute Gasteiger partial charge is 0.508 e. The average molecular weight is 529 g/mol. The van der Waals surface area contributed by atoms with Gasteiger partial charge in [-0.2, -0.15) is 0 Å². The lowest BCUT2D eigenvalue weighted by Crippen LogP contribution is -2.41. The van der Waals surface area contributed by atoms with Crippen molar-refractivity contribution in [3.63, 3.8) is 0 Å². The summed E-state index contributed by atoms with van der Waals surface area (Å²) in [6.45, 7) is 4.60. The Kier molecular flexibility index (Phi) is 12.6. The first-order chi connectivity index (χ1) is 18.2. The number of benzene rings is 2. The van der Waals surface area contributed by atoms with Crippen LogP contribution in [0.5, 0.6) is 11.5 Å². The number of hydrogen-bond acceptors (Lipinski definition) is 8. The van der Waals surface area contributed by atoms with Crippen LogP contribution in [0, 0.1) is 0 Å². The van der Waals surface area contributed by atoms with Gasteiger partial charge in [0, 0.05) is 11.1 Å². The van der Waals surface area contributed by atoms with Crippen LogP contribution in [0.2, 0.25) is 0 Å². The number of amides is 2. The smallest absolute Gasteiger partial charge is 0.338 e. The van der Waals surface area contributed by atoms with E-state index in [1.165, 1.54) is 24.3 Å². The number of ether oxygens (including phenoxy) is 2. The van der Waals surface area contributed by atoms with E-state index in [1.54, 1.807) is 0 Å². The number of esters is 2. The van der Waals surface area contributed by atoms with Gasteiger partial charge in [0.15, 0.2) is 0 Å². The first kappa shape index (κ1) is 30.1. The van der Waals surface area contributed by atoms with Crippen molar-refractivity contribution in [1.82, 2.24) is 10.9 Å². The quantitative estimate of drug-likeness (QED) is 0.157. The Labute approximate surface area is 222 Å². The third-order valence-electron chi connectivity index (χ3n) is 5.58. The maximum Gasteiger partial charge on any atom is 0.338 e. The third-order valence-corrected chi connectivity index (χ3v) is 5.58. The molecule has 0 aromatic heterocycles. The van der Waals surface area contributed by atoms with Crippen LogP contribution in [0.4, 0.5) is 0 Å². The van der Waals surface area contributed by atoms with Gasteiger partial charge in [-0.25, -0.2) is 9.59 Å². The summed E-state index contributed by atoms with van der Waals surface area (Å²) in [6.07, 6.45) is 7.45. The van der Waals surface area contributed by atoms with E-state index in [9.17, 15) is 29.4 Å². The van der Waals surface area contributed by atoms with Crippen molar-refractivity contribution in [2.24, 2.45) is 0 Å². The molecule has 0 aliphatic rings. The van der Waals surface area contributed by atoms with Crippen LogP contribution in [-0.4, -0.2) is 47.2 Å². The molecule has 2 aromatic rings.